The Morgan fingerprint density at radius 1 is 1.24 bits per heavy atom. The summed E-state index contributed by atoms with van der Waals surface area (Å²) in [6.07, 6.45) is 3.56. The first-order valence-electron chi connectivity index (χ1n) is 6.35. The van der Waals surface area contributed by atoms with Crippen LogP contribution in [-0.4, -0.2) is 17.1 Å². The van der Waals surface area contributed by atoms with E-state index < -0.39 is 0 Å². The molecule has 1 atom stereocenters. The fourth-order valence-electron chi connectivity index (χ4n) is 2.71. The lowest BCUT2D eigenvalue weighted by molar-refractivity contribution is 0.409. The van der Waals surface area contributed by atoms with Gasteiger partial charge in [-0.25, -0.2) is 0 Å². The van der Waals surface area contributed by atoms with E-state index in [0.29, 0.717) is 0 Å². The fraction of sp³-hybridized carbons (Fsp3) is 0.400. The van der Waals surface area contributed by atoms with Gasteiger partial charge in [-0.15, -0.1) is 0 Å². The molecular weight excluding hydrogens is 208 g/mol. The first kappa shape index (κ1) is 10.7. The molecule has 0 amide bonds. The number of hydrogen-bond donors (Lipinski definition) is 1. The van der Waals surface area contributed by atoms with E-state index in [1.165, 1.54) is 23.9 Å². The lowest BCUT2D eigenvalue weighted by Crippen LogP contribution is -2.38. The van der Waals surface area contributed by atoms with E-state index >= 15 is 0 Å². The van der Waals surface area contributed by atoms with E-state index in [2.05, 4.69) is 48.6 Å². The van der Waals surface area contributed by atoms with Gasteiger partial charge in [0.2, 0.25) is 0 Å². The smallest absolute Gasteiger partial charge is 0.0705 e. The van der Waals surface area contributed by atoms with Crippen molar-refractivity contribution < 1.29 is 0 Å². The normalized spacial score (nSPS) is 24.3. The molecule has 1 fully saturated rings. The third kappa shape index (κ3) is 2.18. The number of para-hydroxylation sites is 1. The van der Waals surface area contributed by atoms with Crippen molar-refractivity contribution in [3.8, 4) is 0 Å². The molecule has 17 heavy (non-hydrogen) atoms. The maximum Gasteiger partial charge on any atom is 0.0705 e. The molecular formula is C15H18N2. The van der Waals surface area contributed by atoms with Crippen molar-refractivity contribution in [3.05, 3.63) is 42.1 Å². The van der Waals surface area contributed by atoms with Crippen molar-refractivity contribution in [2.24, 2.45) is 0 Å². The van der Waals surface area contributed by atoms with Crippen LogP contribution in [0.3, 0.4) is 0 Å². The summed E-state index contributed by atoms with van der Waals surface area (Å²) in [5, 5.41) is 4.81. The predicted molar refractivity (Wildman–Crippen MR) is 71.1 cm³/mol. The first-order valence-corrected chi connectivity index (χ1v) is 6.35. The van der Waals surface area contributed by atoms with Crippen molar-refractivity contribution in [2.45, 2.75) is 31.7 Å². The van der Waals surface area contributed by atoms with Gasteiger partial charge in [-0.3, -0.25) is 4.98 Å². The van der Waals surface area contributed by atoms with Gasteiger partial charge in [-0.2, -0.15) is 0 Å². The maximum atomic E-state index is 4.74. The van der Waals surface area contributed by atoms with Gasteiger partial charge >= 0.3 is 0 Å². The average molecular weight is 226 g/mol. The fourth-order valence-corrected chi connectivity index (χ4v) is 2.71. The summed E-state index contributed by atoms with van der Waals surface area (Å²) in [7, 11) is 0. The number of aromatic nitrogens is 1. The molecule has 1 aromatic carbocycles. The Hall–Kier alpha value is -1.41. The molecule has 1 aliphatic rings. The highest BCUT2D eigenvalue weighted by Gasteiger charge is 2.28. The molecule has 2 aromatic rings. The van der Waals surface area contributed by atoms with Crippen LogP contribution in [0.2, 0.25) is 0 Å². The van der Waals surface area contributed by atoms with Gasteiger partial charge in [-0.05, 0) is 38.4 Å². The lowest BCUT2D eigenvalue weighted by Gasteiger charge is -2.23. The topological polar surface area (TPSA) is 24.9 Å². The van der Waals surface area contributed by atoms with Crippen LogP contribution in [0.15, 0.2) is 36.4 Å². The van der Waals surface area contributed by atoms with Crippen molar-refractivity contribution >= 4 is 10.9 Å². The number of nitrogens with zero attached hydrogens (tertiary/aromatic N) is 1. The van der Waals surface area contributed by atoms with Gasteiger partial charge in [0.25, 0.3) is 0 Å². The van der Waals surface area contributed by atoms with E-state index in [-0.39, 0.29) is 5.54 Å². The summed E-state index contributed by atoms with van der Waals surface area (Å²) in [4.78, 5) is 4.74. The van der Waals surface area contributed by atoms with Crippen LogP contribution in [0.25, 0.3) is 10.9 Å². The van der Waals surface area contributed by atoms with Crippen LogP contribution in [0, 0.1) is 0 Å². The third-order valence-electron chi connectivity index (χ3n) is 3.68. The Balaban J connectivity index is 1.90. The highest BCUT2D eigenvalue weighted by molar-refractivity contribution is 5.78. The molecule has 2 nitrogen and oxygen atoms in total. The minimum absolute atomic E-state index is 0.245. The lowest BCUT2D eigenvalue weighted by atomic mass is 9.93. The number of pyridine rings is 1. The molecule has 2 heteroatoms. The molecule has 1 unspecified atom stereocenters. The average Bonchev–Trinajstić information content (AvgIpc) is 2.76. The van der Waals surface area contributed by atoms with Gasteiger partial charge < -0.3 is 5.32 Å². The molecule has 0 bridgehead atoms. The highest BCUT2D eigenvalue weighted by atomic mass is 15.0. The van der Waals surface area contributed by atoms with Crippen LogP contribution >= 0.6 is 0 Å². The van der Waals surface area contributed by atoms with Crippen LogP contribution in [-0.2, 0) is 6.42 Å². The zero-order valence-corrected chi connectivity index (χ0v) is 10.2. The molecule has 0 radical (unpaired) electrons. The SMILES string of the molecule is CC1(Cc2ccc3ccccc3n2)CCCN1. The molecule has 1 N–H and O–H groups in total. The number of rotatable bonds is 2. The van der Waals surface area contributed by atoms with Crippen LogP contribution < -0.4 is 5.32 Å². The van der Waals surface area contributed by atoms with Crippen molar-refractivity contribution in [2.75, 3.05) is 6.54 Å². The summed E-state index contributed by atoms with van der Waals surface area (Å²) in [6.45, 7) is 3.45. The van der Waals surface area contributed by atoms with E-state index in [4.69, 9.17) is 4.98 Å². The van der Waals surface area contributed by atoms with Gasteiger partial charge in [0.1, 0.15) is 0 Å². The number of benzene rings is 1. The monoisotopic (exact) mass is 226 g/mol. The van der Waals surface area contributed by atoms with Crippen molar-refractivity contribution in [1.29, 1.82) is 0 Å². The summed E-state index contributed by atoms with van der Waals surface area (Å²) in [5.74, 6) is 0. The van der Waals surface area contributed by atoms with E-state index in [1.807, 2.05) is 0 Å². The minimum atomic E-state index is 0.245. The minimum Gasteiger partial charge on any atom is -0.311 e. The second-order valence-corrected chi connectivity index (χ2v) is 5.26. The molecule has 88 valence electrons. The molecule has 0 spiro atoms. The van der Waals surface area contributed by atoms with E-state index in [1.54, 1.807) is 0 Å². The summed E-state index contributed by atoms with van der Waals surface area (Å²) >= 11 is 0. The molecule has 1 aromatic heterocycles. The summed E-state index contributed by atoms with van der Waals surface area (Å²) < 4.78 is 0. The zero-order chi connectivity index (χ0) is 11.7. The van der Waals surface area contributed by atoms with Gasteiger partial charge in [0, 0.05) is 23.0 Å². The molecule has 1 aliphatic heterocycles. The Morgan fingerprint density at radius 3 is 2.94 bits per heavy atom. The summed E-state index contributed by atoms with van der Waals surface area (Å²) in [6, 6.07) is 12.6. The van der Waals surface area contributed by atoms with Crippen molar-refractivity contribution in [3.63, 3.8) is 0 Å². The standard InChI is InChI=1S/C15H18N2/c1-15(9-4-10-16-15)11-13-8-7-12-5-2-3-6-14(12)17-13/h2-3,5-8,16H,4,9-11H2,1H3. The van der Waals surface area contributed by atoms with Crippen LogP contribution in [0.5, 0.6) is 0 Å². The van der Waals surface area contributed by atoms with Gasteiger partial charge in [-0.1, -0.05) is 24.3 Å². The van der Waals surface area contributed by atoms with Crippen LogP contribution in [0.4, 0.5) is 0 Å². The molecule has 3 rings (SSSR count). The Labute approximate surface area is 102 Å². The molecule has 1 saturated heterocycles. The number of nitrogens with one attached hydrogen (secondary N) is 1. The molecule has 0 aliphatic carbocycles. The Morgan fingerprint density at radius 2 is 2.12 bits per heavy atom. The number of hydrogen-bond acceptors (Lipinski definition) is 2. The van der Waals surface area contributed by atoms with Crippen LogP contribution in [0.1, 0.15) is 25.5 Å². The highest BCUT2D eigenvalue weighted by Crippen LogP contribution is 2.23. The Bertz CT molecular complexity index is 527. The van der Waals surface area contributed by atoms with Crippen molar-refractivity contribution in [1.82, 2.24) is 10.3 Å². The largest absolute Gasteiger partial charge is 0.311 e. The molecule has 0 saturated carbocycles. The first-order chi connectivity index (χ1) is 8.25. The van der Waals surface area contributed by atoms with E-state index in [9.17, 15) is 0 Å². The zero-order valence-electron chi connectivity index (χ0n) is 10.2. The van der Waals surface area contributed by atoms with Gasteiger partial charge in [0.15, 0.2) is 0 Å². The quantitative estimate of drug-likeness (QED) is 0.851. The molecule has 2 heterocycles. The second kappa shape index (κ2) is 4.11. The third-order valence-corrected chi connectivity index (χ3v) is 3.68. The second-order valence-electron chi connectivity index (χ2n) is 5.26. The predicted octanol–water partition coefficient (Wildman–Crippen LogP) is 2.92. The summed E-state index contributed by atoms with van der Waals surface area (Å²) in [5.41, 5.74) is 2.54. The Kier molecular flexibility index (Phi) is 2.60. The van der Waals surface area contributed by atoms with Gasteiger partial charge in [0.05, 0.1) is 5.52 Å². The maximum absolute atomic E-state index is 4.74. The van der Waals surface area contributed by atoms with E-state index in [0.717, 1.165) is 18.5 Å². The number of fused-ring (bicyclic) bond motifs is 1.